The van der Waals surface area contributed by atoms with Gasteiger partial charge < -0.3 is 10.2 Å². The predicted octanol–water partition coefficient (Wildman–Crippen LogP) is 1.90. The van der Waals surface area contributed by atoms with Crippen LogP contribution in [0.5, 0.6) is 0 Å². The molecule has 1 atom stereocenters. The number of likely N-dealkylation sites (tertiary alicyclic amines) is 1. The Hall–Kier alpha value is -0.0900. The second-order valence-electron chi connectivity index (χ2n) is 4.93. The number of hydrogen-bond acceptors (Lipinski definition) is 2. The van der Waals surface area contributed by atoms with Gasteiger partial charge in [-0.2, -0.15) is 0 Å². The summed E-state index contributed by atoms with van der Waals surface area (Å²) < 4.78 is 0. The topological polar surface area (TPSA) is 32.3 Å². The summed E-state index contributed by atoms with van der Waals surface area (Å²) in [7, 11) is 0. The van der Waals surface area contributed by atoms with Crippen LogP contribution in [0.4, 0.5) is 0 Å². The summed E-state index contributed by atoms with van der Waals surface area (Å²) >= 11 is 3.39. The van der Waals surface area contributed by atoms with Gasteiger partial charge in [-0.15, -0.1) is 0 Å². The third-order valence-corrected chi connectivity index (χ3v) is 4.65. The van der Waals surface area contributed by atoms with Crippen LogP contribution >= 0.6 is 15.9 Å². The quantitative estimate of drug-likeness (QED) is 0.802. The zero-order valence-electron chi connectivity index (χ0n) is 9.92. The van der Waals surface area contributed by atoms with Crippen molar-refractivity contribution in [3.63, 3.8) is 0 Å². The lowest BCUT2D eigenvalue weighted by atomic mass is 10.0. The monoisotopic (exact) mass is 288 g/mol. The largest absolute Gasteiger partial charge is 0.352 e. The number of carbonyl (C=O) groups excluding carboxylic acids is 1. The highest BCUT2D eigenvalue weighted by atomic mass is 79.9. The van der Waals surface area contributed by atoms with Crippen molar-refractivity contribution in [3.05, 3.63) is 0 Å². The van der Waals surface area contributed by atoms with Crippen molar-refractivity contribution in [3.8, 4) is 0 Å². The average Bonchev–Trinajstić information content (AvgIpc) is 3.13. The van der Waals surface area contributed by atoms with E-state index in [1.165, 1.54) is 12.8 Å². The fourth-order valence-corrected chi connectivity index (χ4v) is 2.46. The van der Waals surface area contributed by atoms with Crippen LogP contribution in [0.2, 0.25) is 0 Å². The van der Waals surface area contributed by atoms with Gasteiger partial charge in [-0.25, -0.2) is 0 Å². The molecule has 1 unspecified atom stereocenters. The second-order valence-corrected chi connectivity index (χ2v) is 6.03. The van der Waals surface area contributed by atoms with Crippen LogP contribution in [-0.4, -0.2) is 40.8 Å². The molecule has 0 radical (unpaired) electrons. The van der Waals surface area contributed by atoms with Crippen molar-refractivity contribution in [1.82, 2.24) is 10.2 Å². The van der Waals surface area contributed by atoms with Crippen LogP contribution < -0.4 is 5.32 Å². The molecule has 0 bridgehead atoms. The summed E-state index contributed by atoms with van der Waals surface area (Å²) in [5.41, 5.74) is 0. The number of carbonyl (C=O) groups is 1. The summed E-state index contributed by atoms with van der Waals surface area (Å²) in [5.74, 6) is 0.160. The molecule has 1 aliphatic heterocycles. The highest BCUT2D eigenvalue weighted by molar-refractivity contribution is 9.10. The number of hydrogen-bond donors (Lipinski definition) is 1. The Bertz CT molecular complexity index is 247. The Balaban J connectivity index is 1.70. The van der Waals surface area contributed by atoms with Gasteiger partial charge in [-0.1, -0.05) is 22.9 Å². The van der Waals surface area contributed by atoms with E-state index in [0.717, 1.165) is 38.4 Å². The molecule has 0 spiro atoms. The molecule has 1 N–H and O–H groups in total. The molecule has 0 aromatic carbocycles. The Kier molecular flexibility index (Phi) is 4.25. The molecule has 2 rings (SSSR count). The number of nitrogens with one attached hydrogen (secondary N) is 1. The number of piperidine rings is 1. The molecule has 92 valence electrons. The highest BCUT2D eigenvalue weighted by Crippen LogP contribution is 2.29. The van der Waals surface area contributed by atoms with Crippen LogP contribution in [0.25, 0.3) is 0 Å². The van der Waals surface area contributed by atoms with E-state index in [4.69, 9.17) is 0 Å². The molecule has 0 aromatic heterocycles. The van der Waals surface area contributed by atoms with Gasteiger partial charge >= 0.3 is 0 Å². The smallest absolute Gasteiger partial charge is 0.233 e. The molecule has 1 amide bonds. The van der Waals surface area contributed by atoms with Crippen molar-refractivity contribution in [2.45, 2.75) is 55.9 Å². The highest BCUT2D eigenvalue weighted by Gasteiger charge is 2.32. The maximum atomic E-state index is 11.7. The number of rotatable bonds is 4. The first kappa shape index (κ1) is 12.4. The van der Waals surface area contributed by atoms with E-state index in [0.29, 0.717) is 6.04 Å². The van der Waals surface area contributed by atoms with Crippen LogP contribution in [-0.2, 0) is 4.79 Å². The molecule has 4 heteroatoms. The Morgan fingerprint density at radius 3 is 2.50 bits per heavy atom. The second kappa shape index (κ2) is 5.50. The fourth-order valence-electron chi connectivity index (χ4n) is 2.33. The first-order valence-corrected chi connectivity index (χ1v) is 7.30. The van der Waals surface area contributed by atoms with Crippen LogP contribution in [0, 0.1) is 0 Å². The van der Waals surface area contributed by atoms with Gasteiger partial charge in [-0.3, -0.25) is 4.79 Å². The molecule has 3 nitrogen and oxygen atoms in total. The van der Waals surface area contributed by atoms with Crippen LogP contribution in [0.3, 0.4) is 0 Å². The average molecular weight is 289 g/mol. The van der Waals surface area contributed by atoms with E-state index >= 15 is 0 Å². The van der Waals surface area contributed by atoms with E-state index in [2.05, 4.69) is 26.1 Å². The number of nitrogens with zero attached hydrogens (tertiary/aromatic N) is 1. The lowest BCUT2D eigenvalue weighted by Gasteiger charge is -2.32. The first-order valence-electron chi connectivity index (χ1n) is 6.39. The molecule has 1 saturated carbocycles. The number of amides is 1. The van der Waals surface area contributed by atoms with Crippen molar-refractivity contribution in [2.24, 2.45) is 0 Å². The maximum Gasteiger partial charge on any atom is 0.233 e. The van der Waals surface area contributed by atoms with Crippen LogP contribution in [0.15, 0.2) is 0 Å². The van der Waals surface area contributed by atoms with Crippen LogP contribution in [0.1, 0.15) is 39.0 Å². The van der Waals surface area contributed by atoms with Gasteiger partial charge in [0.05, 0.1) is 4.83 Å². The van der Waals surface area contributed by atoms with Gasteiger partial charge in [0.15, 0.2) is 0 Å². The molecule has 2 fully saturated rings. The van der Waals surface area contributed by atoms with Gasteiger partial charge in [0, 0.05) is 25.2 Å². The van der Waals surface area contributed by atoms with Gasteiger partial charge in [0.2, 0.25) is 5.91 Å². The summed E-state index contributed by atoms with van der Waals surface area (Å²) in [4.78, 5) is 14.3. The lowest BCUT2D eigenvalue weighted by Crippen LogP contribution is -2.47. The zero-order valence-corrected chi connectivity index (χ0v) is 11.5. The summed E-state index contributed by atoms with van der Waals surface area (Å²) in [6.07, 6.45) is 5.86. The van der Waals surface area contributed by atoms with Crippen molar-refractivity contribution < 1.29 is 4.79 Å². The summed E-state index contributed by atoms with van der Waals surface area (Å²) in [6, 6.07) is 1.27. The van der Waals surface area contributed by atoms with E-state index in [-0.39, 0.29) is 10.7 Å². The molecule has 2 aliphatic rings. The Morgan fingerprint density at radius 1 is 1.38 bits per heavy atom. The van der Waals surface area contributed by atoms with Crippen molar-refractivity contribution >= 4 is 21.8 Å². The standard InChI is InChI=1S/C12H21BrN2O/c1-2-11(13)12(16)14-9-5-7-15(8-6-9)10-3-4-10/h9-11H,2-8H2,1H3,(H,14,16). The minimum atomic E-state index is -0.0195. The van der Waals surface area contributed by atoms with E-state index in [9.17, 15) is 4.79 Å². The predicted molar refractivity (Wildman–Crippen MR) is 68.8 cm³/mol. The van der Waals surface area contributed by atoms with Crippen molar-refractivity contribution in [1.29, 1.82) is 0 Å². The lowest BCUT2D eigenvalue weighted by molar-refractivity contribution is -0.121. The molecular formula is C12H21BrN2O. The molecule has 16 heavy (non-hydrogen) atoms. The number of halogens is 1. The SMILES string of the molecule is CCC(Br)C(=O)NC1CCN(C2CC2)CC1. The molecule has 1 heterocycles. The third-order valence-electron chi connectivity index (χ3n) is 3.58. The normalized spacial score (nSPS) is 25.4. The van der Waals surface area contributed by atoms with Gasteiger partial charge in [0.25, 0.3) is 0 Å². The summed E-state index contributed by atoms with van der Waals surface area (Å²) in [5, 5.41) is 3.14. The molecule has 1 aliphatic carbocycles. The molecule has 1 saturated heterocycles. The third kappa shape index (κ3) is 3.20. The van der Waals surface area contributed by atoms with Gasteiger partial charge in [0.1, 0.15) is 0 Å². The Morgan fingerprint density at radius 2 is 2.00 bits per heavy atom. The van der Waals surface area contributed by atoms with E-state index in [1.807, 2.05) is 6.92 Å². The fraction of sp³-hybridized carbons (Fsp3) is 0.917. The zero-order chi connectivity index (χ0) is 11.5. The summed E-state index contributed by atoms with van der Waals surface area (Å²) in [6.45, 7) is 4.35. The minimum absolute atomic E-state index is 0.0195. The van der Waals surface area contributed by atoms with Gasteiger partial charge in [-0.05, 0) is 32.1 Å². The van der Waals surface area contributed by atoms with E-state index < -0.39 is 0 Å². The molecular weight excluding hydrogens is 268 g/mol. The first-order chi connectivity index (χ1) is 7.70. The maximum absolute atomic E-state index is 11.7. The minimum Gasteiger partial charge on any atom is -0.352 e. The van der Waals surface area contributed by atoms with E-state index in [1.54, 1.807) is 0 Å². The molecule has 0 aromatic rings. The van der Waals surface area contributed by atoms with Crippen molar-refractivity contribution in [2.75, 3.05) is 13.1 Å². The Labute approximate surface area is 106 Å². The number of alkyl halides is 1.